The minimum absolute atomic E-state index is 0.0159. The summed E-state index contributed by atoms with van der Waals surface area (Å²) in [5, 5.41) is 4.78. The molecule has 1 aliphatic heterocycles. The van der Waals surface area contributed by atoms with E-state index in [2.05, 4.69) is 10.6 Å². The molecule has 1 saturated heterocycles. The van der Waals surface area contributed by atoms with Gasteiger partial charge in [0.25, 0.3) is 11.1 Å². The van der Waals surface area contributed by atoms with Crippen molar-refractivity contribution in [3.8, 4) is 0 Å². The number of hydrogen-bond donors (Lipinski definition) is 2. The second kappa shape index (κ2) is 9.50. The molecule has 7 nitrogen and oxygen atoms in total. The van der Waals surface area contributed by atoms with Crippen molar-refractivity contribution in [2.45, 2.75) is 26.8 Å². The van der Waals surface area contributed by atoms with Crippen molar-refractivity contribution in [3.05, 3.63) is 40.6 Å². The van der Waals surface area contributed by atoms with Crippen LogP contribution in [0.5, 0.6) is 0 Å². The van der Waals surface area contributed by atoms with Gasteiger partial charge in [0, 0.05) is 20.0 Å². The van der Waals surface area contributed by atoms with Crippen LogP contribution in [0.4, 0.5) is 9.18 Å². The Hall–Kier alpha value is -2.68. The fourth-order valence-electron chi connectivity index (χ4n) is 2.56. The second-order valence-electron chi connectivity index (χ2n) is 6.60. The number of amides is 4. The number of carbonyl (C=O) groups excluding carboxylic acids is 4. The van der Waals surface area contributed by atoms with Gasteiger partial charge in [-0.15, -0.1) is 0 Å². The van der Waals surface area contributed by atoms with Gasteiger partial charge in [0.15, 0.2) is 0 Å². The van der Waals surface area contributed by atoms with Crippen LogP contribution in [0, 0.1) is 11.7 Å². The van der Waals surface area contributed by atoms with Crippen LogP contribution in [-0.2, 0) is 14.4 Å². The molecule has 1 aromatic rings. The van der Waals surface area contributed by atoms with E-state index in [1.807, 2.05) is 0 Å². The van der Waals surface area contributed by atoms with Crippen LogP contribution in [0.25, 0.3) is 6.08 Å². The maximum Gasteiger partial charge on any atom is 0.293 e. The average Bonchev–Trinajstić information content (AvgIpc) is 2.88. The van der Waals surface area contributed by atoms with E-state index >= 15 is 0 Å². The number of nitrogens with zero attached hydrogens (tertiary/aromatic N) is 1. The highest BCUT2D eigenvalue weighted by Crippen LogP contribution is 2.31. The number of benzene rings is 1. The van der Waals surface area contributed by atoms with Gasteiger partial charge in [-0.3, -0.25) is 24.1 Å². The molecular formula is C19H22FN3O4S. The number of hydrogen-bond acceptors (Lipinski definition) is 5. The lowest BCUT2D eigenvalue weighted by Gasteiger charge is -2.21. The first-order valence-corrected chi connectivity index (χ1v) is 9.56. The van der Waals surface area contributed by atoms with Crippen molar-refractivity contribution < 1.29 is 23.6 Å². The molecule has 150 valence electrons. The zero-order valence-electron chi connectivity index (χ0n) is 15.8. The SMILES string of the molecule is CC(=O)NC(C(=O)NCCN1C(=O)S/C(=C\c2ccc(F)cc2)C1=O)C(C)C. The van der Waals surface area contributed by atoms with Crippen molar-refractivity contribution in [1.82, 2.24) is 15.5 Å². The zero-order chi connectivity index (χ0) is 20.8. The number of carbonyl (C=O) groups is 4. The van der Waals surface area contributed by atoms with Crippen molar-refractivity contribution in [3.63, 3.8) is 0 Å². The Morgan fingerprint density at radius 2 is 1.86 bits per heavy atom. The second-order valence-corrected chi connectivity index (χ2v) is 7.59. The fraction of sp³-hybridized carbons (Fsp3) is 0.368. The van der Waals surface area contributed by atoms with E-state index < -0.39 is 17.2 Å². The van der Waals surface area contributed by atoms with Crippen molar-refractivity contribution in [2.24, 2.45) is 5.92 Å². The third-order valence-corrected chi connectivity index (χ3v) is 4.89. The van der Waals surface area contributed by atoms with Crippen molar-refractivity contribution >= 4 is 40.8 Å². The van der Waals surface area contributed by atoms with Crippen LogP contribution < -0.4 is 10.6 Å². The highest BCUT2D eigenvalue weighted by atomic mass is 32.2. The van der Waals surface area contributed by atoms with Crippen molar-refractivity contribution in [1.29, 1.82) is 0 Å². The van der Waals surface area contributed by atoms with Crippen LogP contribution in [0.2, 0.25) is 0 Å². The number of rotatable bonds is 7. The molecule has 1 fully saturated rings. The molecule has 0 aliphatic carbocycles. The number of nitrogens with one attached hydrogen (secondary N) is 2. The number of halogens is 1. The molecule has 0 spiro atoms. The minimum atomic E-state index is -0.689. The summed E-state index contributed by atoms with van der Waals surface area (Å²) in [6.07, 6.45) is 1.52. The van der Waals surface area contributed by atoms with E-state index in [1.54, 1.807) is 13.8 Å². The quantitative estimate of drug-likeness (QED) is 0.675. The van der Waals surface area contributed by atoms with Gasteiger partial charge in [-0.1, -0.05) is 26.0 Å². The van der Waals surface area contributed by atoms with E-state index in [1.165, 1.54) is 37.3 Å². The summed E-state index contributed by atoms with van der Waals surface area (Å²) in [6.45, 7) is 5.02. The molecule has 0 bridgehead atoms. The molecule has 4 amide bonds. The van der Waals surface area contributed by atoms with Crippen LogP contribution in [-0.4, -0.2) is 47.0 Å². The Morgan fingerprint density at radius 3 is 2.43 bits per heavy atom. The van der Waals surface area contributed by atoms with Gasteiger partial charge in [-0.05, 0) is 41.5 Å². The summed E-state index contributed by atoms with van der Waals surface area (Å²) in [7, 11) is 0. The zero-order valence-corrected chi connectivity index (χ0v) is 16.6. The topological polar surface area (TPSA) is 95.6 Å². The molecule has 0 aromatic heterocycles. The first-order chi connectivity index (χ1) is 13.2. The summed E-state index contributed by atoms with van der Waals surface area (Å²) in [6, 6.07) is 4.87. The Morgan fingerprint density at radius 1 is 1.21 bits per heavy atom. The molecule has 2 rings (SSSR count). The van der Waals surface area contributed by atoms with Crippen LogP contribution in [0.3, 0.4) is 0 Å². The highest BCUT2D eigenvalue weighted by Gasteiger charge is 2.34. The van der Waals surface area contributed by atoms with Gasteiger partial charge in [-0.25, -0.2) is 4.39 Å². The lowest BCUT2D eigenvalue weighted by atomic mass is 10.0. The lowest BCUT2D eigenvalue weighted by molar-refractivity contribution is -0.129. The maximum atomic E-state index is 13.0. The summed E-state index contributed by atoms with van der Waals surface area (Å²) in [4.78, 5) is 49.3. The summed E-state index contributed by atoms with van der Waals surface area (Å²) in [5.41, 5.74) is 0.607. The van der Waals surface area contributed by atoms with Crippen LogP contribution in [0.15, 0.2) is 29.2 Å². The van der Waals surface area contributed by atoms with Crippen LogP contribution >= 0.6 is 11.8 Å². The normalized spacial score (nSPS) is 16.6. The molecule has 1 aromatic carbocycles. The Balaban J connectivity index is 1.94. The van der Waals surface area contributed by atoms with Gasteiger partial charge in [0.2, 0.25) is 11.8 Å². The molecule has 0 saturated carbocycles. The van der Waals surface area contributed by atoms with Crippen LogP contribution in [0.1, 0.15) is 26.3 Å². The Kier molecular flexibility index (Phi) is 7.33. The molecule has 1 heterocycles. The third kappa shape index (κ3) is 5.66. The number of thioether (sulfide) groups is 1. The lowest BCUT2D eigenvalue weighted by Crippen LogP contribution is -2.50. The molecule has 0 radical (unpaired) electrons. The smallest absolute Gasteiger partial charge is 0.293 e. The van der Waals surface area contributed by atoms with Gasteiger partial charge in [-0.2, -0.15) is 0 Å². The number of imide groups is 1. The predicted molar refractivity (Wildman–Crippen MR) is 105 cm³/mol. The molecular weight excluding hydrogens is 385 g/mol. The first-order valence-electron chi connectivity index (χ1n) is 8.74. The fourth-order valence-corrected chi connectivity index (χ4v) is 3.42. The maximum absolute atomic E-state index is 13.0. The van der Waals surface area contributed by atoms with E-state index in [-0.39, 0.29) is 41.5 Å². The van der Waals surface area contributed by atoms with Gasteiger partial charge in [0.05, 0.1) is 4.91 Å². The van der Waals surface area contributed by atoms with E-state index in [0.29, 0.717) is 5.56 Å². The first kappa shape index (κ1) is 21.6. The largest absolute Gasteiger partial charge is 0.353 e. The monoisotopic (exact) mass is 407 g/mol. The molecule has 1 unspecified atom stereocenters. The van der Waals surface area contributed by atoms with E-state index in [0.717, 1.165) is 16.7 Å². The molecule has 2 N–H and O–H groups in total. The summed E-state index contributed by atoms with van der Waals surface area (Å²) < 4.78 is 13.0. The molecule has 9 heteroatoms. The standard InChI is InChI=1S/C19H22FN3O4S/c1-11(2)16(22-12(3)24)17(25)21-8-9-23-18(26)15(28-19(23)27)10-13-4-6-14(20)7-5-13/h4-7,10-11,16H,8-9H2,1-3H3,(H,21,25)(H,22,24)/b15-10-. The van der Waals surface area contributed by atoms with Gasteiger partial charge < -0.3 is 10.6 Å². The molecule has 1 aliphatic rings. The van der Waals surface area contributed by atoms with Crippen molar-refractivity contribution in [2.75, 3.05) is 13.1 Å². The van der Waals surface area contributed by atoms with E-state index in [4.69, 9.17) is 0 Å². The molecule has 1 atom stereocenters. The Labute approximate surface area is 166 Å². The van der Waals surface area contributed by atoms with Gasteiger partial charge in [0.1, 0.15) is 11.9 Å². The predicted octanol–water partition coefficient (Wildman–Crippen LogP) is 2.14. The Bertz CT molecular complexity index is 808. The molecule has 28 heavy (non-hydrogen) atoms. The third-order valence-electron chi connectivity index (χ3n) is 3.98. The van der Waals surface area contributed by atoms with Gasteiger partial charge >= 0.3 is 0 Å². The summed E-state index contributed by atoms with van der Waals surface area (Å²) in [5.74, 6) is -1.65. The highest BCUT2D eigenvalue weighted by molar-refractivity contribution is 8.18. The minimum Gasteiger partial charge on any atom is -0.353 e. The average molecular weight is 407 g/mol. The van der Waals surface area contributed by atoms with E-state index in [9.17, 15) is 23.6 Å². The summed E-state index contributed by atoms with van der Waals surface area (Å²) >= 11 is 0.794.